The van der Waals surface area contributed by atoms with Gasteiger partial charge in [0, 0.05) is 6.54 Å². The topological polar surface area (TPSA) is 67.8 Å². The lowest BCUT2D eigenvalue weighted by Crippen LogP contribution is -2.41. The molecule has 5 nitrogen and oxygen atoms in total. The second-order valence-electron chi connectivity index (χ2n) is 7.01. The quantitative estimate of drug-likeness (QED) is 0.709. The van der Waals surface area contributed by atoms with E-state index in [1.807, 2.05) is 55.5 Å². The summed E-state index contributed by atoms with van der Waals surface area (Å²) in [6.45, 7) is 8.08. The summed E-state index contributed by atoms with van der Waals surface area (Å²) in [5, 5.41) is 12.7. The smallest absolute Gasteiger partial charge is 0.260 e. The molecule has 2 N–H and O–H groups in total. The second-order valence-corrected chi connectivity index (χ2v) is 7.01. The van der Waals surface area contributed by atoms with Crippen molar-refractivity contribution in [3.8, 4) is 11.5 Å². The number of benzene rings is 2. The van der Waals surface area contributed by atoms with Crippen molar-refractivity contribution in [1.29, 1.82) is 0 Å². The molecule has 0 aliphatic rings. The van der Waals surface area contributed by atoms with E-state index < -0.39 is 12.2 Å². The van der Waals surface area contributed by atoms with Crippen LogP contribution in [-0.2, 0) is 4.79 Å². The van der Waals surface area contributed by atoms with Crippen molar-refractivity contribution in [3.05, 3.63) is 59.7 Å². The fourth-order valence-corrected chi connectivity index (χ4v) is 2.52. The Bertz CT molecular complexity index is 745. The zero-order valence-corrected chi connectivity index (χ0v) is 16.4. The van der Waals surface area contributed by atoms with Gasteiger partial charge in [-0.2, -0.15) is 0 Å². The van der Waals surface area contributed by atoms with Gasteiger partial charge in [-0.1, -0.05) is 38.1 Å². The van der Waals surface area contributed by atoms with E-state index in [2.05, 4.69) is 19.2 Å². The first-order valence-corrected chi connectivity index (χ1v) is 9.27. The van der Waals surface area contributed by atoms with Gasteiger partial charge in [0.15, 0.2) is 6.10 Å². The van der Waals surface area contributed by atoms with Crippen LogP contribution in [0.25, 0.3) is 0 Å². The molecule has 0 spiro atoms. The summed E-state index contributed by atoms with van der Waals surface area (Å²) in [6.07, 6.45) is -1.46. The van der Waals surface area contributed by atoms with Gasteiger partial charge in [-0.15, -0.1) is 0 Å². The number of carbonyl (C=O) groups excluding carboxylic acids is 1. The number of hydrogen-bond acceptors (Lipinski definition) is 4. The Labute approximate surface area is 161 Å². The van der Waals surface area contributed by atoms with Crippen molar-refractivity contribution < 1.29 is 19.4 Å². The Morgan fingerprint density at radius 2 is 1.78 bits per heavy atom. The molecule has 2 atom stereocenters. The van der Waals surface area contributed by atoms with E-state index >= 15 is 0 Å². The van der Waals surface area contributed by atoms with Gasteiger partial charge in [-0.05, 0) is 55.2 Å². The fourth-order valence-electron chi connectivity index (χ4n) is 2.52. The van der Waals surface area contributed by atoms with Crippen molar-refractivity contribution in [2.24, 2.45) is 0 Å². The van der Waals surface area contributed by atoms with Crippen LogP contribution in [0.1, 0.15) is 37.8 Å². The minimum Gasteiger partial charge on any atom is -0.491 e. The highest BCUT2D eigenvalue weighted by atomic mass is 16.5. The molecule has 27 heavy (non-hydrogen) atoms. The van der Waals surface area contributed by atoms with Crippen molar-refractivity contribution in [1.82, 2.24) is 5.32 Å². The zero-order chi connectivity index (χ0) is 19.8. The van der Waals surface area contributed by atoms with Crippen LogP contribution in [0.4, 0.5) is 0 Å². The van der Waals surface area contributed by atoms with Crippen LogP contribution in [0, 0.1) is 6.92 Å². The van der Waals surface area contributed by atoms with Crippen LogP contribution in [0.5, 0.6) is 11.5 Å². The third-order valence-corrected chi connectivity index (χ3v) is 4.15. The number of carbonyl (C=O) groups is 1. The predicted molar refractivity (Wildman–Crippen MR) is 106 cm³/mol. The third-order valence-electron chi connectivity index (χ3n) is 4.15. The SMILES string of the molecule is Cc1cccc(OCC(O)CNC(=O)C(C)Oc2cccc(C(C)C)c2)c1. The summed E-state index contributed by atoms with van der Waals surface area (Å²) in [6, 6.07) is 15.3. The highest BCUT2D eigenvalue weighted by Crippen LogP contribution is 2.21. The van der Waals surface area contributed by atoms with Crippen LogP contribution in [0.2, 0.25) is 0 Å². The van der Waals surface area contributed by atoms with E-state index in [0.29, 0.717) is 17.4 Å². The molecule has 0 saturated carbocycles. The third kappa shape index (κ3) is 6.94. The number of aryl methyl sites for hydroxylation is 1. The van der Waals surface area contributed by atoms with Crippen molar-refractivity contribution in [2.45, 2.75) is 45.8 Å². The van der Waals surface area contributed by atoms with E-state index in [4.69, 9.17) is 9.47 Å². The van der Waals surface area contributed by atoms with Crippen molar-refractivity contribution in [3.63, 3.8) is 0 Å². The van der Waals surface area contributed by atoms with Crippen LogP contribution in [0.15, 0.2) is 48.5 Å². The molecule has 2 aromatic carbocycles. The minimum absolute atomic E-state index is 0.102. The molecule has 0 aliphatic heterocycles. The van der Waals surface area contributed by atoms with Crippen LogP contribution in [-0.4, -0.2) is 36.4 Å². The molecule has 0 saturated heterocycles. The second kappa shape index (κ2) is 9.97. The number of amides is 1. The van der Waals surface area contributed by atoms with E-state index in [0.717, 1.165) is 11.1 Å². The van der Waals surface area contributed by atoms with Gasteiger partial charge in [0.1, 0.15) is 24.2 Å². The van der Waals surface area contributed by atoms with Gasteiger partial charge in [0.25, 0.3) is 5.91 Å². The number of nitrogens with one attached hydrogen (secondary N) is 1. The first kappa shape index (κ1) is 20.8. The van der Waals surface area contributed by atoms with Gasteiger partial charge in [0.05, 0.1) is 0 Å². The van der Waals surface area contributed by atoms with Crippen LogP contribution in [0.3, 0.4) is 0 Å². The van der Waals surface area contributed by atoms with Gasteiger partial charge in [-0.3, -0.25) is 4.79 Å². The summed E-state index contributed by atoms with van der Waals surface area (Å²) in [5.74, 6) is 1.47. The molecule has 0 heterocycles. The maximum absolute atomic E-state index is 12.2. The van der Waals surface area contributed by atoms with E-state index in [1.165, 1.54) is 0 Å². The summed E-state index contributed by atoms with van der Waals surface area (Å²) in [7, 11) is 0. The molecule has 0 fully saturated rings. The predicted octanol–water partition coefficient (Wildman–Crippen LogP) is 3.44. The first-order chi connectivity index (χ1) is 12.8. The number of hydrogen-bond donors (Lipinski definition) is 2. The summed E-state index contributed by atoms with van der Waals surface area (Å²) in [5.41, 5.74) is 2.24. The number of aliphatic hydroxyl groups excluding tert-OH is 1. The molecule has 2 rings (SSSR count). The Morgan fingerprint density at radius 3 is 2.48 bits per heavy atom. The molecule has 1 amide bonds. The van der Waals surface area contributed by atoms with E-state index in [9.17, 15) is 9.90 Å². The lowest BCUT2D eigenvalue weighted by Gasteiger charge is -2.18. The normalized spacial score (nSPS) is 13.1. The molecule has 2 unspecified atom stereocenters. The lowest BCUT2D eigenvalue weighted by atomic mass is 10.0. The number of aliphatic hydroxyl groups is 1. The average molecular weight is 371 g/mol. The molecule has 2 aromatic rings. The summed E-state index contributed by atoms with van der Waals surface area (Å²) >= 11 is 0. The maximum atomic E-state index is 12.2. The monoisotopic (exact) mass is 371 g/mol. The van der Waals surface area contributed by atoms with E-state index in [1.54, 1.807) is 6.92 Å². The number of rotatable bonds is 9. The Hall–Kier alpha value is -2.53. The lowest BCUT2D eigenvalue weighted by molar-refractivity contribution is -0.127. The molecule has 0 bridgehead atoms. The highest BCUT2D eigenvalue weighted by molar-refractivity contribution is 5.80. The van der Waals surface area contributed by atoms with Gasteiger partial charge >= 0.3 is 0 Å². The van der Waals surface area contributed by atoms with Crippen LogP contribution < -0.4 is 14.8 Å². The van der Waals surface area contributed by atoms with Crippen molar-refractivity contribution in [2.75, 3.05) is 13.2 Å². The molecule has 0 aliphatic carbocycles. The largest absolute Gasteiger partial charge is 0.491 e. The zero-order valence-electron chi connectivity index (χ0n) is 16.4. The molecule has 5 heteroatoms. The molecule has 0 radical (unpaired) electrons. The first-order valence-electron chi connectivity index (χ1n) is 9.27. The molecule has 146 valence electrons. The molecule has 0 aromatic heterocycles. The Kier molecular flexibility index (Phi) is 7.67. The maximum Gasteiger partial charge on any atom is 0.260 e. The van der Waals surface area contributed by atoms with Gasteiger partial charge in [-0.25, -0.2) is 0 Å². The molecular weight excluding hydrogens is 342 g/mol. The minimum atomic E-state index is -0.800. The molecular formula is C22H29NO4. The van der Waals surface area contributed by atoms with Crippen LogP contribution >= 0.6 is 0 Å². The Balaban J connectivity index is 1.76. The van der Waals surface area contributed by atoms with Gasteiger partial charge in [0.2, 0.25) is 0 Å². The Morgan fingerprint density at radius 1 is 1.07 bits per heavy atom. The van der Waals surface area contributed by atoms with Gasteiger partial charge < -0.3 is 19.9 Å². The standard InChI is InChI=1S/C22H29NO4/c1-15(2)18-8-6-10-21(12-18)27-17(4)22(25)23-13-19(24)14-26-20-9-5-7-16(3)11-20/h5-12,15,17,19,24H,13-14H2,1-4H3,(H,23,25). The average Bonchev–Trinajstić information content (AvgIpc) is 2.64. The van der Waals surface area contributed by atoms with E-state index in [-0.39, 0.29) is 19.1 Å². The van der Waals surface area contributed by atoms with Crippen molar-refractivity contribution >= 4 is 5.91 Å². The fraction of sp³-hybridized carbons (Fsp3) is 0.409. The summed E-state index contributed by atoms with van der Waals surface area (Å²) < 4.78 is 11.3. The highest BCUT2D eigenvalue weighted by Gasteiger charge is 2.16. The summed E-state index contributed by atoms with van der Waals surface area (Å²) in [4.78, 5) is 12.2. The number of ether oxygens (including phenoxy) is 2.